The molecule has 3 heteroatoms. The molecule has 0 aliphatic heterocycles. The molecule has 2 N–H and O–H groups in total. The van der Waals surface area contributed by atoms with Crippen molar-refractivity contribution in [3.63, 3.8) is 0 Å². The minimum Gasteiger partial charge on any atom is -0.344 e. The van der Waals surface area contributed by atoms with Gasteiger partial charge in [-0.25, -0.2) is 0 Å². The Hall–Kier alpha value is -1.09. The molecule has 0 aromatic carbocycles. The summed E-state index contributed by atoms with van der Waals surface area (Å²) in [4.78, 5) is 11.5. The monoisotopic (exact) mass is 234 g/mol. The lowest BCUT2D eigenvalue weighted by Crippen LogP contribution is -2.33. The highest BCUT2D eigenvalue weighted by Crippen LogP contribution is 2.28. The Kier molecular flexibility index (Phi) is 3.67. The van der Waals surface area contributed by atoms with Gasteiger partial charge in [0.1, 0.15) is 0 Å². The first-order valence-corrected chi connectivity index (χ1v) is 6.55. The van der Waals surface area contributed by atoms with E-state index in [2.05, 4.69) is 4.57 Å². The van der Waals surface area contributed by atoms with Gasteiger partial charge in [-0.15, -0.1) is 0 Å². The van der Waals surface area contributed by atoms with E-state index in [-0.39, 0.29) is 11.5 Å². The van der Waals surface area contributed by atoms with E-state index in [1.165, 1.54) is 19.3 Å². The van der Waals surface area contributed by atoms with Crippen molar-refractivity contribution in [3.8, 4) is 0 Å². The highest BCUT2D eigenvalue weighted by Gasteiger charge is 2.23. The van der Waals surface area contributed by atoms with Gasteiger partial charge in [-0.1, -0.05) is 19.3 Å². The molecule has 2 rings (SSSR count). The van der Waals surface area contributed by atoms with Gasteiger partial charge in [-0.2, -0.15) is 0 Å². The summed E-state index contributed by atoms with van der Waals surface area (Å²) < 4.78 is 2.26. The number of aryl methyl sites for hydroxylation is 2. The Morgan fingerprint density at radius 1 is 1.12 bits per heavy atom. The van der Waals surface area contributed by atoms with Gasteiger partial charge in [0.15, 0.2) is 5.43 Å². The quantitative estimate of drug-likeness (QED) is 0.758. The van der Waals surface area contributed by atoms with E-state index >= 15 is 0 Å². The predicted octanol–water partition coefficient (Wildman–Crippen LogP) is 2.30. The molecular weight excluding hydrogens is 212 g/mol. The zero-order valence-corrected chi connectivity index (χ0v) is 10.8. The summed E-state index contributed by atoms with van der Waals surface area (Å²) in [5.41, 5.74) is 8.46. The van der Waals surface area contributed by atoms with Gasteiger partial charge in [0.05, 0.1) is 0 Å². The second-order valence-electron chi connectivity index (χ2n) is 5.21. The zero-order valence-electron chi connectivity index (χ0n) is 10.8. The third kappa shape index (κ3) is 2.60. The highest BCUT2D eigenvalue weighted by molar-refractivity contribution is 5.14. The van der Waals surface area contributed by atoms with Crippen LogP contribution in [-0.2, 0) is 0 Å². The lowest BCUT2D eigenvalue weighted by atomic mass is 10.0. The van der Waals surface area contributed by atoms with Crippen LogP contribution in [-0.4, -0.2) is 10.6 Å². The molecule has 0 spiro atoms. The van der Waals surface area contributed by atoms with Gasteiger partial charge in [-0.3, -0.25) is 4.79 Å². The van der Waals surface area contributed by atoms with Gasteiger partial charge in [0.25, 0.3) is 0 Å². The molecule has 1 aromatic rings. The van der Waals surface area contributed by atoms with E-state index in [0.717, 1.165) is 24.2 Å². The van der Waals surface area contributed by atoms with Crippen LogP contribution in [0.25, 0.3) is 0 Å². The molecule has 17 heavy (non-hydrogen) atoms. The first-order chi connectivity index (χ1) is 8.09. The third-order valence-corrected chi connectivity index (χ3v) is 3.83. The Balaban J connectivity index is 2.41. The van der Waals surface area contributed by atoms with Crippen LogP contribution in [0.4, 0.5) is 0 Å². The molecule has 2 unspecified atom stereocenters. The molecule has 3 nitrogen and oxygen atoms in total. The summed E-state index contributed by atoms with van der Waals surface area (Å²) in [6, 6.07) is 4.00. The molecule has 1 heterocycles. The van der Waals surface area contributed by atoms with Gasteiger partial charge >= 0.3 is 0 Å². The molecule has 94 valence electrons. The fourth-order valence-electron chi connectivity index (χ4n) is 3.03. The number of hydrogen-bond donors (Lipinski definition) is 1. The van der Waals surface area contributed by atoms with Gasteiger partial charge in [-0.05, 0) is 26.7 Å². The SMILES string of the molecule is Cc1cc(=O)cc(C)n1C1CCCCCC1N. The summed E-state index contributed by atoms with van der Waals surface area (Å²) in [5, 5.41) is 0. The van der Waals surface area contributed by atoms with Crippen molar-refractivity contribution >= 4 is 0 Å². The Bertz CT molecular complexity index is 424. The van der Waals surface area contributed by atoms with Crippen molar-refractivity contribution in [3.05, 3.63) is 33.7 Å². The number of rotatable bonds is 1. The molecule has 0 saturated heterocycles. The van der Waals surface area contributed by atoms with E-state index in [1.54, 1.807) is 12.1 Å². The summed E-state index contributed by atoms with van der Waals surface area (Å²) >= 11 is 0. The number of hydrogen-bond acceptors (Lipinski definition) is 2. The van der Waals surface area contributed by atoms with Crippen molar-refractivity contribution in [2.45, 2.75) is 58.0 Å². The van der Waals surface area contributed by atoms with E-state index < -0.39 is 0 Å². The zero-order chi connectivity index (χ0) is 12.4. The average Bonchev–Trinajstić information content (AvgIpc) is 2.43. The molecule has 2 atom stereocenters. The number of aromatic nitrogens is 1. The highest BCUT2D eigenvalue weighted by atomic mass is 16.1. The van der Waals surface area contributed by atoms with Gasteiger partial charge in [0.2, 0.25) is 0 Å². The lowest BCUT2D eigenvalue weighted by molar-refractivity contribution is 0.375. The predicted molar refractivity (Wildman–Crippen MR) is 70.3 cm³/mol. The van der Waals surface area contributed by atoms with Crippen molar-refractivity contribution in [1.82, 2.24) is 4.57 Å². The standard InChI is InChI=1S/C14H22N2O/c1-10-8-12(17)9-11(2)16(10)14-7-5-3-4-6-13(14)15/h8-9,13-14H,3-7,15H2,1-2H3. The molecule has 1 aliphatic carbocycles. The van der Waals surface area contributed by atoms with Crippen LogP contribution in [0.15, 0.2) is 16.9 Å². The summed E-state index contributed by atoms with van der Waals surface area (Å²) in [7, 11) is 0. The van der Waals surface area contributed by atoms with Crippen molar-refractivity contribution in [2.75, 3.05) is 0 Å². The van der Waals surface area contributed by atoms with Crippen LogP contribution >= 0.6 is 0 Å². The molecule has 1 aromatic heterocycles. The normalized spacial score (nSPS) is 25.6. The largest absolute Gasteiger partial charge is 0.344 e. The second kappa shape index (κ2) is 5.05. The summed E-state index contributed by atoms with van der Waals surface area (Å²) in [6.07, 6.45) is 5.98. The molecule has 1 aliphatic rings. The molecular formula is C14H22N2O. The van der Waals surface area contributed by atoms with Crippen LogP contribution < -0.4 is 11.2 Å². The molecule has 0 amide bonds. The maximum Gasteiger partial charge on any atom is 0.182 e. The van der Waals surface area contributed by atoms with Crippen LogP contribution in [0.3, 0.4) is 0 Å². The Morgan fingerprint density at radius 3 is 2.35 bits per heavy atom. The minimum atomic E-state index is 0.0958. The Morgan fingerprint density at radius 2 is 1.71 bits per heavy atom. The van der Waals surface area contributed by atoms with Crippen LogP contribution in [0.1, 0.15) is 49.5 Å². The fraction of sp³-hybridized carbons (Fsp3) is 0.643. The lowest BCUT2D eigenvalue weighted by Gasteiger charge is -2.28. The van der Waals surface area contributed by atoms with Crippen LogP contribution in [0, 0.1) is 13.8 Å². The van der Waals surface area contributed by atoms with Crippen molar-refractivity contribution in [2.24, 2.45) is 5.73 Å². The van der Waals surface area contributed by atoms with Gasteiger partial charge in [0, 0.05) is 35.6 Å². The second-order valence-corrected chi connectivity index (χ2v) is 5.21. The van der Waals surface area contributed by atoms with E-state index in [9.17, 15) is 4.79 Å². The number of nitrogens with two attached hydrogens (primary N) is 1. The van der Waals surface area contributed by atoms with Crippen LogP contribution in [0.2, 0.25) is 0 Å². The smallest absolute Gasteiger partial charge is 0.182 e. The van der Waals surface area contributed by atoms with Crippen molar-refractivity contribution in [1.29, 1.82) is 0 Å². The van der Waals surface area contributed by atoms with E-state index in [4.69, 9.17) is 5.73 Å². The summed E-state index contributed by atoms with van der Waals surface area (Å²) in [6.45, 7) is 4.01. The first kappa shape index (κ1) is 12.4. The van der Waals surface area contributed by atoms with E-state index in [0.29, 0.717) is 6.04 Å². The Labute approximate surface area is 103 Å². The molecule has 1 fully saturated rings. The maximum absolute atomic E-state index is 11.5. The topological polar surface area (TPSA) is 48.0 Å². The average molecular weight is 234 g/mol. The third-order valence-electron chi connectivity index (χ3n) is 3.83. The fourth-order valence-corrected chi connectivity index (χ4v) is 3.03. The van der Waals surface area contributed by atoms with Crippen molar-refractivity contribution < 1.29 is 0 Å². The first-order valence-electron chi connectivity index (χ1n) is 6.55. The van der Waals surface area contributed by atoms with Crippen LogP contribution in [0.5, 0.6) is 0 Å². The minimum absolute atomic E-state index is 0.0958. The van der Waals surface area contributed by atoms with Gasteiger partial charge < -0.3 is 10.3 Å². The summed E-state index contributed by atoms with van der Waals surface area (Å²) in [5.74, 6) is 0. The molecule has 0 bridgehead atoms. The molecule has 0 radical (unpaired) electrons. The number of pyridine rings is 1. The number of nitrogens with zero attached hydrogens (tertiary/aromatic N) is 1. The van der Waals surface area contributed by atoms with E-state index in [1.807, 2.05) is 13.8 Å². The molecule has 1 saturated carbocycles. The maximum atomic E-state index is 11.5.